The monoisotopic (exact) mass is 551 g/mol. The quantitative estimate of drug-likeness (QED) is 0.557. The molecule has 2 aliphatic rings. The molecule has 2 aromatic rings. The molecular formula is C25H31ClFN5O4S. The standard InChI is InChI=1S/C25H31ClFN5O4S/c1-17(2)22-12-19(8-10-31(22)37(34,35)20-6-4-18(13-28)5-7-20)32-24(33)23(26)21(14-30-32)29-15-25(27)9-3-11-36-16-25/h4-7,14,17,19,22,29H,3,8-12,15-16H2,1-2H3/t19?,22-,25+/m1/s1. The van der Waals surface area contributed by atoms with Crippen molar-refractivity contribution in [2.24, 2.45) is 5.92 Å². The van der Waals surface area contributed by atoms with E-state index in [-0.39, 0.29) is 53.3 Å². The summed E-state index contributed by atoms with van der Waals surface area (Å²) in [4.78, 5) is 13.2. The van der Waals surface area contributed by atoms with Crippen molar-refractivity contribution >= 4 is 27.3 Å². The van der Waals surface area contributed by atoms with Crippen LogP contribution in [0.25, 0.3) is 0 Å². The van der Waals surface area contributed by atoms with Gasteiger partial charge in [-0.05, 0) is 55.9 Å². The number of rotatable bonds is 7. The largest absolute Gasteiger partial charge is 0.379 e. The Morgan fingerprint density at radius 1 is 1.35 bits per heavy atom. The second-order valence-corrected chi connectivity index (χ2v) is 12.3. The molecule has 3 heterocycles. The molecule has 0 bridgehead atoms. The van der Waals surface area contributed by atoms with E-state index in [1.165, 1.54) is 39.4 Å². The van der Waals surface area contributed by atoms with Crippen LogP contribution in [0.5, 0.6) is 0 Å². The number of anilines is 1. The number of aromatic nitrogens is 2. The van der Waals surface area contributed by atoms with Gasteiger partial charge in [-0.2, -0.15) is 14.7 Å². The number of nitriles is 1. The molecule has 0 radical (unpaired) electrons. The van der Waals surface area contributed by atoms with Crippen LogP contribution in [0.2, 0.25) is 5.02 Å². The van der Waals surface area contributed by atoms with Crippen LogP contribution < -0.4 is 10.9 Å². The second kappa shape index (κ2) is 11.1. The van der Waals surface area contributed by atoms with Gasteiger partial charge in [0.05, 0.1) is 47.6 Å². The molecule has 4 rings (SSSR count). The Bertz CT molecular complexity index is 1320. The zero-order valence-corrected chi connectivity index (χ0v) is 22.4. The lowest BCUT2D eigenvalue weighted by Crippen LogP contribution is -2.50. The molecule has 12 heteroatoms. The maximum Gasteiger partial charge on any atom is 0.287 e. The minimum Gasteiger partial charge on any atom is -0.379 e. The summed E-state index contributed by atoms with van der Waals surface area (Å²) in [5.74, 6) is -0.0264. The number of ether oxygens (including phenoxy) is 1. The molecule has 3 atom stereocenters. The summed E-state index contributed by atoms with van der Waals surface area (Å²) in [5, 5.41) is 16.2. The summed E-state index contributed by atoms with van der Waals surface area (Å²) in [7, 11) is -3.80. The fourth-order valence-corrected chi connectivity index (χ4v) is 6.94. The van der Waals surface area contributed by atoms with E-state index in [1.54, 1.807) is 0 Å². The third kappa shape index (κ3) is 5.82. The van der Waals surface area contributed by atoms with E-state index in [4.69, 9.17) is 21.6 Å². The maximum absolute atomic E-state index is 14.9. The van der Waals surface area contributed by atoms with Crippen molar-refractivity contribution in [2.75, 3.05) is 31.6 Å². The van der Waals surface area contributed by atoms with Crippen molar-refractivity contribution in [2.45, 2.75) is 62.2 Å². The van der Waals surface area contributed by atoms with Crippen LogP contribution in [0, 0.1) is 17.2 Å². The van der Waals surface area contributed by atoms with Gasteiger partial charge < -0.3 is 10.1 Å². The number of piperidine rings is 1. The lowest BCUT2D eigenvalue weighted by atomic mass is 9.91. The summed E-state index contributed by atoms with van der Waals surface area (Å²) in [6.45, 7) is 4.56. The Hall–Kier alpha value is -2.52. The average molecular weight is 552 g/mol. The zero-order valence-electron chi connectivity index (χ0n) is 20.9. The van der Waals surface area contributed by atoms with Gasteiger partial charge in [0.25, 0.3) is 5.56 Å². The van der Waals surface area contributed by atoms with Crippen LogP contribution in [0.4, 0.5) is 10.1 Å². The smallest absolute Gasteiger partial charge is 0.287 e. The summed E-state index contributed by atoms with van der Waals surface area (Å²) >= 11 is 6.37. The normalized spacial score (nSPS) is 25.1. The van der Waals surface area contributed by atoms with Crippen molar-refractivity contribution in [3.63, 3.8) is 0 Å². The topological polar surface area (TPSA) is 117 Å². The molecule has 2 fully saturated rings. The predicted octanol–water partition coefficient (Wildman–Crippen LogP) is 3.75. The minimum absolute atomic E-state index is 0.0113. The van der Waals surface area contributed by atoms with E-state index in [0.717, 1.165) is 0 Å². The molecule has 200 valence electrons. The number of nitrogens with zero attached hydrogens (tertiary/aromatic N) is 4. The summed E-state index contributed by atoms with van der Waals surface area (Å²) in [6.07, 6.45) is 3.17. The number of benzene rings is 1. The molecule has 0 aliphatic carbocycles. The van der Waals surface area contributed by atoms with Crippen LogP contribution >= 0.6 is 11.6 Å². The molecule has 1 aromatic carbocycles. The molecule has 1 N–H and O–H groups in total. The van der Waals surface area contributed by atoms with Crippen LogP contribution in [0.3, 0.4) is 0 Å². The van der Waals surface area contributed by atoms with Crippen molar-refractivity contribution < 1.29 is 17.5 Å². The molecule has 0 amide bonds. The van der Waals surface area contributed by atoms with E-state index >= 15 is 0 Å². The first-order chi connectivity index (χ1) is 17.6. The first kappa shape index (κ1) is 27.5. The van der Waals surface area contributed by atoms with Crippen LogP contribution in [0.15, 0.2) is 40.2 Å². The first-order valence-electron chi connectivity index (χ1n) is 12.4. The summed E-state index contributed by atoms with van der Waals surface area (Å²) < 4.78 is 49.8. The van der Waals surface area contributed by atoms with Gasteiger partial charge in [0.15, 0.2) is 5.67 Å². The van der Waals surface area contributed by atoms with Crippen LogP contribution in [-0.2, 0) is 14.8 Å². The van der Waals surface area contributed by atoms with Gasteiger partial charge in [0.2, 0.25) is 10.0 Å². The van der Waals surface area contributed by atoms with Gasteiger partial charge in [-0.3, -0.25) is 4.79 Å². The lowest BCUT2D eigenvalue weighted by molar-refractivity contribution is -0.0234. The minimum atomic E-state index is -3.80. The highest BCUT2D eigenvalue weighted by Crippen LogP contribution is 2.34. The first-order valence-corrected chi connectivity index (χ1v) is 14.2. The number of hydrogen-bond acceptors (Lipinski definition) is 7. The molecule has 2 aliphatic heterocycles. The SMILES string of the molecule is CC(C)[C@H]1CC(n2ncc(NC[C@@]3(F)CCCOC3)c(Cl)c2=O)CCN1S(=O)(=O)c1ccc(C#N)cc1. The molecule has 0 saturated carbocycles. The fraction of sp³-hybridized carbons (Fsp3) is 0.560. The van der Waals surface area contributed by atoms with E-state index < -0.39 is 21.3 Å². The fourth-order valence-electron chi connectivity index (χ4n) is 4.96. The Morgan fingerprint density at radius 2 is 2.08 bits per heavy atom. The van der Waals surface area contributed by atoms with Gasteiger partial charge >= 0.3 is 0 Å². The number of sulfonamides is 1. The highest BCUT2D eigenvalue weighted by atomic mass is 35.5. The highest BCUT2D eigenvalue weighted by molar-refractivity contribution is 7.89. The highest BCUT2D eigenvalue weighted by Gasteiger charge is 2.40. The number of alkyl halides is 1. The van der Waals surface area contributed by atoms with Crippen molar-refractivity contribution in [3.05, 3.63) is 51.4 Å². The van der Waals surface area contributed by atoms with Gasteiger partial charge in [-0.15, -0.1) is 0 Å². The van der Waals surface area contributed by atoms with E-state index in [0.29, 0.717) is 37.9 Å². The molecule has 9 nitrogen and oxygen atoms in total. The zero-order chi connectivity index (χ0) is 26.8. The summed E-state index contributed by atoms with van der Waals surface area (Å²) in [5.41, 5.74) is -1.40. The van der Waals surface area contributed by atoms with Gasteiger partial charge in [-0.1, -0.05) is 25.4 Å². The van der Waals surface area contributed by atoms with Crippen molar-refractivity contribution in [3.8, 4) is 6.07 Å². The maximum atomic E-state index is 14.9. The van der Waals surface area contributed by atoms with Crippen LogP contribution in [0.1, 0.15) is 51.1 Å². The van der Waals surface area contributed by atoms with Gasteiger partial charge in [-0.25, -0.2) is 17.5 Å². The second-order valence-electron chi connectivity index (χ2n) is 10.0. The Labute approximate surface area is 221 Å². The molecule has 2 saturated heterocycles. The molecule has 1 aromatic heterocycles. The Kier molecular flexibility index (Phi) is 8.23. The lowest BCUT2D eigenvalue weighted by Gasteiger charge is -2.40. The van der Waals surface area contributed by atoms with Crippen molar-refractivity contribution in [1.29, 1.82) is 5.26 Å². The molecule has 37 heavy (non-hydrogen) atoms. The third-order valence-electron chi connectivity index (χ3n) is 7.09. The van der Waals surface area contributed by atoms with E-state index in [1.807, 2.05) is 19.9 Å². The molecular weight excluding hydrogens is 521 g/mol. The summed E-state index contributed by atoms with van der Waals surface area (Å²) in [6, 6.07) is 7.11. The van der Waals surface area contributed by atoms with Crippen molar-refractivity contribution in [1.82, 2.24) is 14.1 Å². The van der Waals surface area contributed by atoms with E-state index in [2.05, 4.69) is 10.4 Å². The van der Waals surface area contributed by atoms with Gasteiger partial charge in [0.1, 0.15) is 5.02 Å². The predicted molar refractivity (Wildman–Crippen MR) is 138 cm³/mol. The number of nitrogens with one attached hydrogen (secondary N) is 1. The Morgan fingerprint density at radius 3 is 2.70 bits per heavy atom. The average Bonchev–Trinajstić information content (AvgIpc) is 2.89. The number of hydrogen-bond donors (Lipinski definition) is 1. The van der Waals surface area contributed by atoms with Gasteiger partial charge in [0, 0.05) is 19.2 Å². The number of halogens is 2. The molecule has 1 unspecified atom stereocenters. The molecule has 0 spiro atoms. The van der Waals surface area contributed by atoms with E-state index in [9.17, 15) is 17.6 Å². The Balaban J connectivity index is 1.52. The van der Waals surface area contributed by atoms with Crippen LogP contribution in [-0.4, -0.2) is 60.5 Å². The third-order valence-corrected chi connectivity index (χ3v) is 9.39.